The summed E-state index contributed by atoms with van der Waals surface area (Å²) in [4.78, 5) is 0. The van der Waals surface area contributed by atoms with E-state index in [1.54, 1.807) is 0 Å². The van der Waals surface area contributed by atoms with E-state index in [9.17, 15) is 8.42 Å². The number of hydrogen-bond acceptors (Lipinski definition) is 5. The molecule has 18 heavy (non-hydrogen) atoms. The highest BCUT2D eigenvalue weighted by Crippen LogP contribution is 2.20. The van der Waals surface area contributed by atoms with E-state index < -0.39 is 10.0 Å². The Morgan fingerprint density at radius 2 is 2.44 bits per heavy atom. The van der Waals surface area contributed by atoms with Gasteiger partial charge < -0.3 is 10.5 Å². The molecule has 8 heteroatoms. The molecular weight excluding hydrogens is 256 g/mol. The molecule has 1 aliphatic rings. The fourth-order valence-electron chi connectivity index (χ4n) is 1.95. The maximum Gasteiger partial charge on any atom is 0.260 e. The van der Waals surface area contributed by atoms with Crippen LogP contribution in [0.25, 0.3) is 0 Å². The quantitative estimate of drug-likeness (QED) is 0.782. The lowest BCUT2D eigenvalue weighted by Crippen LogP contribution is -2.45. The van der Waals surface area contributed by atoms with Crippen molar-refractivity contribution in [3.05, 3.63) is 11.8 Å². The minimum absolute atomic E-state index is 0.0437. The molecule has 1 aliphatic heterocycles. The normalized spacial score (nSPS) is 22.2. The van der Waals surface area contributed by atoms with Crippen LogP contribution in [0.5, 0.6) is 0 Å². The topological polar surface area (TPSA) is 101 Å². The number of nitrogens with one attached hydrogen (secondary N) is 1. The Morgan fingerprint density at radius 1 is 1.67 bits per heavy atom. The molecule has 1 saturated heterocycles. The zero-order chi connectivity index (χ0) is 13.2. The van der Waals surface area contributed by atoms with Crippen LogP contribution >= 0.6 is 0 Å². The third-order valence-corrected chi connectivity index (χ3v) is 4.93. The van der Waals surface area contributed by atoms with Gasteiger partial charge in [-0.05, 0) is 6.42 Å². The molecule has 1 atom stereocenters. The predicted octanol–water partition coefficient (Wildman–Crippen LogP) is -0.332. The van der Waals surface area contributed by atoms with Gasteiger partial charge in [0.1, 0.15) is 0 Å². The SMILES string of the molecule is CCC1CN(S(=O)(=O)c2[nH]ncc2CN)CCO1. The lowest BCUT2D eigenvalue weighted by Gasteiger charge is -2.31. The first-order chi connectivity index (χ1) is 8.59. The summed E-state index contributed by atoms with van der Waals surface area (Å²) in [6.45, 7) is 3.28. The van der Waals surface area contributed by atoms with Gasteiger partial charge in [0.15, 0.2) is 5.03 Å². The molecule has 2 rings (SSSR count). The number of hydrogen-bond donors (Lipinski definition) is 2. The van der Waals surface area contributed by atoms with Crippen LogP contribution in [0.3, 0.4) is 0 Å². The van der Waals surface area contributed by atoms with Crippen LogP contribution in [-0.2, 0) is 21.3 Å². The van der Waals surface area contributed by atoms with Crippen LogP contribution in [0.1, 0.15) is 18.9 Å². The molecule has 0 spiro atoms. The number of rotatable bonds is 4. The van der Waals surface area contributed by atoms with Gasteiger partial charge in [-0.15, -0.1) is 0 Å². The zero-order valence-corrected chi connectivity index (χ0v) is 11.1. The second-order valence-corrected chi connectivity index (χ2v) is 6.07. The highest BCUT2D eigenvalue weighted by molar-refractivity contribution is 7.89. The zero-order valence-electron chi connectivity index (χ0n) is 10.3. The van der Waals surface area contributed by atoms with Crippen molar-refractivity contribution in [1.29, 1.82) is 0 Å². The molecule has 0 bridgehead atoms. The van der Waals surface area contributed by atoms with Crippen molar-refractivity contribution in [3.8, 4) is 0 Å². The Hall–Kier alpha value is -0.960. The summed E-state index contributed by atoms with van der Waals surface area (Å²) in [7, 11) is -3.55. The van der Waals surface area contributed by atoms with Crippen molar-refractivity contribution < 1.29 is 13.2 Å². The third-order valence-electron chi connectivity index (χ3n) is 3.05. The van der Waals surface area contributed by atoms with E-state index in [4.69, 9.17) is 10.5 Å². The average molecular weight is 274 g/mol. The van der Waals surface area contributed by atoms with Gasteiger partial charge in [0.2, 0.25) is 0 Å². The molecule has 2 heterocycles. The monoisotopic (exact) mass is 274 g/mol. The molecule has 102 valence electrons. The molecule has 0 aliphatic carbocycles. The lowest BCUT2D eigenvalue weighted by molar-refractivity contribution is -0.00285. The number of ether oxygens (including phenoxy) is 1. The van der Waals surface area contributed by atoms with E-state index in [1.165, 1.54) is 10.5 Å². The Bertz CT molecular complexity index is 499. The first-order valence-electron chi connectivity index (χ1n) is 5.93. The van der Waals surface area contributed by atoms with Crippen LogP contribution in [0.2, 0.25) is 0 Å². The standard InChI is InChI=1S/C10H18N4O3S/c1-2-9-7-14(3-4-17-9)18(15,16)10-8(5-11)6-12-13-10/h6,9H,2-5,7,11H2,1H3,(H,12,13). The maximum absolute atomic E-state index is 12.4. The molecule has 1 aromatic rings. The van der Waals surface area contributed by atoms with Crippen molar-refractivity contribution in [2.45, 2.75) is 31.0 Å². The summed E-state index contributed by atoms with van der Waals surface area (Å²) in [5.74, 6) is 0. The van der Waals surface area contributed by atoms with Crippen LogP contribution in [0, 0.1) is 0 Å². The van der Waals surface area contributed by atoms with Crippen molar-refractivity contribution in [2.24, 2.45) is 5.73 Å². The van der Waals surface area contributed by atoms with Crippen molar-refractivity contribution in [2.75, 3.05) is 19.7 Å². The number of morpholine rings is 1. The van der Waals surface area contributed by atoms with Crippen LogP contribution < -0.4 is 5.73 Å². The van der Waals surface area contributed by atoms with Crippen LogP contribution in [0.15, 0.2) is 11.2 Å². The highest BCUT2D eigenvalue weighted by atomic mass is 32.2. The van der Waals surface area contributed by atoms with Crippen molar-refractivity contribution in [1.82, 2.24) is 14.5 Å². The van der Waals surface area contributed by atoms with Gasteiger partial charge in [-0.25, -0.2) is 8.42 Å². The first-order valence-corrected chi connectivity index (χ1v) is 7.37. The van der Waals surface area contributed by atoms with Gasteiger partial charge in [0.25, 0.3) is 10.0 Å². The molecule has 3 N–H and O–H groups in total. The molecule has 0 radical (unpaired) electrons. The minimum Gasteiger partial charge on any atom is -0.375 e. The first kappa shape index (κ1) is 13.5. The Labute approximate surface area is 106 Å². The van der Waals surface area contributed by atoms with E-state index in [2.05, 4.69) is 10.2 Å². The van der Waals surface area contributed by atoms with Gasteiger partial charge in [-0.1, -0.05) is 6.92 Å². The average Bonchev–Trinajstić information content (AvgIpc) is 2.88. The lowest BCUT2D eigenvalue weighted by atomic mass is 10.2. The predicted molar refractivity (Wildman–Crippen MR) is 65.3 cm³/mol. The highest BCUT2D eigenvalue weighted by Gasteiger charge is 2.32. The molecule has 1 unspecified atom stereocenters. The number of sulfonamides is 1. The fourth-order valence-corrected chi connectivity index (χ4v) is 3.53. The molecule has 1 aromatic heterocycles. The van der Waals surface area contributed by atoms with Crippen molar-refractivity contribution in [3.63, 3.8) is 0 Å². The Morgan fingerprint density at radius 3 is 3.11 bits per heavy atom. The summed E-state index contributed by atoms with van der Waals surface area (Å²) >= 11 is 0. The minimum atomic E-state index is -3.55. The molecule has 1 fully saturated rings. The van der Waals surface area contributed by atoms with Crippen LogP contribution in [-0.4, -0.2) is 48.7 Å². The fraction of sp³-hybridized carbons (Fsp3) is 0.700. The third kappa shape index (κ3) is 2.41. The van der Waals surface area contributed by atoms with E-state index in [0.29, 0.717) is 25.3 Å². The van der Waals surface area contributed by atoms with Gasteiger partial charge >= 0.3 is 0 Å². The van der Waals surface area contributed by atoms with E-state index in [1.807, 2.05) is 6.92 Å². The van der Waals surface area contributed by atoms with E-state index >= 15 is 0 Å². The number of nitrogens with two attached hydrogens (primary N) is 1. The van der Waals surface area contributed by atoms with Gasteiger partial charge in [-0.3, -0.25) is 5.10 Å². The summed E-state index contributed by atoms with van der Waals surface area (Å²) in [5.41, 5.74) is 6.02. The summed E-state index contributed by atoms with van der Waals surface area (Å²) in [6, 6.07) is 0. The molecule has 0 amide bonds. The van der Waals surface area contributed by atoms with Gasteiger partial charge in [0, 0.05) is 25.2 Å². The van der Waals surface area contributed by atoms with Gasteiger partial charge in [0.05, 0.1) is 18.9 Å². The molecule has 7 nitrogen and oxygen atoms in total. The molecule has 0 aromatic carbocycles. The second kappa shape index (κ2) is 5.35. The Balaban J connectivity index is 2.25. The second-order valence-electron chi connectivity index (χ2n) is 4.19. The molecule has 0 saturated carbocycles. The summed E-state index contributed by atoms with van der Waals surface area (Å²) in [5, 5.41) is 6.38. The van der Waals surface area contributed by atoms with Crippen LogP contribution in [0.4, 0.5) is 0 Å². The summed E-state index contributed by atoms with van der Waals surface area (Å²) < 4.78 is 31.8. The van der Waals surface area contributed by atoms with E-state index in [-0.39, 0.29) is 17.7 Å². The molecular formula is C10H18N4O3S. The Kier molecular flexibility index (Phi) is 4.00. The number of nitrogens with zero attached hydrogens (tertiary/aromatic N) is 2. The van der Waals surface area contributed by atoms with Gasteiger partial charge in [-0.2, -0.15) is 9.40 Å². The number of aromatic amines is 1. The maximum atomic E-state index is 12.4. The van der Waals surface area contributed by atoms with E-state index in [0.717, 1.165) is 6.42 Å². The van der Waals surface area contributed by atoms with Crippen molar-refractivity contribution >= 4 is 10.0 Å². The largest absolute Gasteiger partial charge is 0.375 e. The number of H-pyrrole nitrogens is 1. The number of aromatic nitrogens is 2. The summed E-state index contributed by atoms with van der Waals surface area (Å²) in [6.07, 6.45) is 2.20. The smallest absolute Gasteiger partial charge is 0.260 e.